The van der Waals surface area contributed by atoms with Gasteiger partial charge in [0, 0.05) is 13.1 Å². The lowest BCUT2D eigenvalue weighted by Crippen LogP contribution is -2.27. The maximum atomic E-state index is 14.0. The number of rotatable bonds is 2. The number of anilines is 1. The summed E-state index contributed by atoms with van der Waals surface area (Å²) in [6.45, 7) is 5.22. The quantitative estimate of drug-likeness (QED) is 0.919. The first kappa shape index (κ1) is 14.9. The van der Waals surface area contributed by atoms with Gasteiger partial charge >= 0.3 is 6.09 Å². The van der Waals surface area contributed by atoms with Crippen LogP contribution in [0.15, 0.2) is 18.5 Å². The van der Waals surface area contributed by atoms with Crippen molar-refractivity contribution in [3.63, 3.8) is 0 Å². The van der Waals surface area contributed by atoms with E-state index in [4.69, 9.17) is 4.74 Å². The van der Waals surface area contributed by atoms with Crippen molar-refractivity contribution in [2.75, 3.05) is 5.32 Å². The average Bonchev–Trinajstić information content (AvgIpc) is 2.73. The molecular weight excluding hydrogens is 277 g/mol. The third kappa shape index (κ3) is 3.98. The number of ether oxygens (including phenoxy) is 1. The second-order valence-electron chi connectivity index (χ2n) is 5.46. The van der Waals surface area contributed by atoms with Crippen molar-refractivity contribution in [2.45, 2.75) is 26.4 Å². The molecule has 1 amide bonds. The molecule has 0 unspecified atom stereocenters. The third-order valence-corrected chi connectivity index (χ3v) is 2.33. The molecule has 0 spiro atoms. The van der Waals surface area contributed by atoms with E-state index in [-0.39, 0.29) is 11.4 Å². The number of aryl methyl sites for hydroxylation is 1. The maximum Gasteiger partial charge on any atom is 0.412 e. The predicted molar refractivity (Wildman–Crippen MR) is 74.0 cm³/mol. The lowest BCUT2D eigenvalue weighted by molar-refractivity contribution is 0.0636. The first-order chi connectivity index (χ1) is 9.74. The number of hydrogen-bond acceptors (Lipinski definition) is 5. The number of carbonyl (C=O) groups is 1. The van der Waals surface area contributed by atoms with Gasteiger partial charge in [-0.05, 0) is 20.8 Å². The predicted octanol–water partition coefficient (Wildman–Crippen LogP) is 2.36. The first-order valence-electron chi connectivity index (χ1n) is 6.27. The van der Waals surface area contributed by atoms with Crippen molar-refractivity contribution in [2.24, 2.45) is 7.05 Å². The Morgan fingerprint density at radius 2 is 2.14 bits per heavy atom. The number of nitrogens with one attached hydrogen (secondary N) is 1. The molecule has 1 N–H and O–H groups in total. The van der Waals surface area contributed by atoms with Crippen LogP contribution in [-0.4, -0.2) is 31.7 Å². The highest BCUT2D eigenvalue weighted by Crippen LogP contribution is 2.20. The Balaban J connectivity index is 2.14. The largest absolute Gasteiger partial charge is 0.444 e. The molecule has 0 atom stereocenters. The molecule has 0 fully saturated rings. The Kier molecular flexibility index (Phi) is 3.88. The summed E-state index contributed by atoms with van der Waals surface area (Å²) < 4.78 is 20.5. The van der Waals surface area contributed by atoms with Crippen LogP contribution in [0.5, 0.6) is 0 Å². The summed E-state index contributed by atoms with van der Waals surface area (Å²) in [5, 5.41) is 9.92. The van der Waals surface area contributed by atoms with Crippen LogP contribution in [0.25, 0.3) is 11.4 Å². The van der Waals surface area contributed by atoms with Crippen LogP contribution >= 0.6 is 0 Å². The van der Waals surface area contributed by atoms with Gasteiger partial charge in [0.1, 0.15) is 17.0 Å². The summed E-state index contributed by atoms with van der Waals surface area (Å²) >= 11 is 0. The highest BCUT2D eigenvalue weighted by atomic mass is 19.1. The molecule has 0 aliphatic carbocycles. The van der Waals surface area contributed by atoms with Crippen LogP contribution in [0.1, 0.15) is 20.8 Å². The van der Waals surface area contributed by atoms with Crippen LogP contribution in [0.4, 0.5) is 14.9 Å². The molecule has 8 heteroatoms. The monoisotopic (exact) mass is 293 g/mol. The second-order valence-corrected chi connectivity index (χ2v) is 5.46. The second kappa shape index (κ2) is 5.47. The van der Waals surface area contributed by atoms with Gasteiger partial charge in [0.05, 0.1) is 18.1 Å². The minimum absolute atomic E-state index is 0.0674. The molecule has 0 saturated carbocycles. The number of amides is 1. The normalized spacial score (nSPS) is 11.3. The van der Waals surface area contributed by atoms with E-state index in [2.05, 4.69) is 20.6 Å². The lowest BCUT2D eigenvalue weighted by Gasteiger charge is -2.19. The van der Waals surface area contributed by atoms with Gasteiger partial charge < -0.3 is 4.74 Å². The minimum atomic E-state index is -0.670. The summed E-state index contributed by atoms with van der Waals surface area (Å²) in [6, 6.07) is 1.15. The number of halogens is 1. The van der Waals surface area contributed by atoms with E-state index in [0.717, 1.165) is 6.07 Å². The fraction of sp³-hybridized carbons (Fsp3) is 0.385. The van der Waals surface area contributed by atoms with Crippen LogP contribution in [0.3, 0.4) is 0 Å². The Morgan fingerprint density at radius 1 is 1.43 bits per heavy atom. The smallest absolute Gasteiger partial charge is 0.412 e. The molecule has 0 radical (unpaired) electrons. The van der Waals surface area contributed by atoms with Crippen molar-refractivity contribution in [1.29, 1.82) is 0 Å². The highest BCUT2D eigenvalue weighted by Gasteiger charge is 2.17. The molecule has 0 aromatic carbocycles. The van der Waals surface area contributed by atoms with Crippen LogP contribution < -0.4 is 5.32 Å². The zero-order valence-corrected chi connectivity index (χ0v) is 12.2. The third-order valence-electron chi connectivity index (χ3n) is 2.33. The number of pyridine rings is 1. The Bertz CT molecular complexity index is 663. The van der Waals surface area contributed by atoms with E-state index in [1.54, 1.807) is 34.0 Å². The topological polar surface area (TPSA) is 81.9 Å². The number of carbonyl (C=O) groups excluding carboxylic acids is 1. The van der Waals surface area contributed by atoms with Crippen molar-refractivity contribution in [3.8, 4) is 11.4 Å². The highest BCUT2D eigenvalue weighted by molar-refractivity contribution is 5.84. The van der Waals surface area contributed by atoms with Crippen molar-refractivity contribution >= 4 is 11.8 Å². The lowest BCUT2D eigenvalue weighted by atomic mass is 10.2. The van der Waals surface area contributed by atoms with Gasteiger partial charge in [-0.15, -0.1) is 5.10 Å². The maximum absolute atomic E-state index is 14.0. The molecule has 21 heavy (non-hydrogen) atoms. The van der Waals surface area contributed by atoms with Gasteiger partial charge in [-0.25, -0.2) is 14.2 Å². The van der Waals surface area contributed by atoms with Gasteiger partial charge in [-0.1, -0.05) is 5.21 Å². The van der Waals surface area contributed by atoms with E-state index < -0.39 is 17.5 Å². The number of hydrogen-bond donors (Lipinski definition) is 1. The van der Waals surface area contributed by atoms with E-state index in [0.29, 0.717) is 5.69 Å². The van der Waals surface area contributed by atoms with E-state index in [1.165, 1.54) is 10.9 Å². The van der Waals surface area contributed by atoms with Gasteiger partial charge in [0.2, 0.25) is 0 Å². The Morgan fingerprint density at radius 3 is 2.67 bits per heavy atom. The van der Waals surface area contributed by atoms with E-state index >= 15 is 0 Å². The molecule has 0 bridgehead atoms. The fourth-order valence-electron chi connectivity index (χ4n) is 1.57. The molecular formula is C13H16FN5O2. The minimum Gasteiger partial charge on any atom is -0.444 e. The Labute approximate surface area is 121 Å². The molecule has 112 valence electrons. The SMILES string of the molecule is Cn1cc(-c2ncc(NC(=O)OC(C)(C)C)cc2F)nn1. The van der Waals surface area contributed by atoms with Crippen LogP contribution in [0, 0.1) is 5.82 Å². The van der Waals surface area contributed by atoms with Gasteiger partial charge in [-0.2, -0.15) is 0 Å². The summed E-state index contributed by atoms with van der Waals surface area (Å²) in [4.78, 5) is 15.5. The van der Waals surface area contributed by atoms with Crippen molar-refractivity contribution < 1.29 is 13.9 Å². The Hall–Kier alpha value is -2.51. The molecule has 2 aromatic rings. The van der Waals surface area contributed by atoms with Gasteiger partial charge in [0.15, 0.2) is 5.82 Å². The molecule has 2 rings (SSSR count). The summed E-state index contributed by atoms with van der Waals surface area (Å²) in [5.41, 5.74) is -0.0404. The zero-order valence-electron chi connectivity index (χ0n) is 12.2. The van der Waals surface area contributed by atoms with E-state index in [9.17, 15) is 9.18 Å². The molecule has 7 nitrogen and oxygen atoms in total. The van der Waals surface area contributed by atoms with Crippen LogP contribution in [-0.2, 0) is 11.8 Å². The summed E-state index contributed by atoms with van der Waals surface area (Å²) in [7, 11) is 1.67. The van der Waals surface area contributed by atoms with Gasteiger partial charge in [0.25, 0.3) is 0 Å². The first-order valence-corrected chi connectivity index (χ1v) is 6.27. The molecule has 2 heterocycles. The summed E-state index contributed by atoms with van der Waals surface area (Å²) in [6.07, 6.45) is 2.21. The summed E-state index contributed by atoms with van der Waals surface area (Å²) in [5.74, 6) is -0.607. The molecule has 2 aromatic heterocycles. The van der Waals surface area contributed by atoms with Crippen LogP contribution in [0.2, 0.25) is 0 Å². The fourth-order valence-corrected chi connectivity index (χ4v) is 1.57. The van der Waals surface area contributed by atoms with Gasteiger partial charge in [-0.3, -0.25) is 10.00 Å². The standard InChI is InChI=1S/C13H16FN5O2/c1-13(2,3)21-12(20)16-8-5-9(14)11(15-6-8)10-7-19(4)18-17-10/h5-7H,1-4H3,(H,16,20). The average molecular weight is 293 g/mol. The molecule has 0 saturated heterocycles. The zero-order chi connectivity index (χ0) is 15.6. The molecule has 0 aliphatic rings. The van der Waals surface area contributed by atoms with Crippen molar-refractivity contribution in [3.05, 3.63) is 24.3 Å². The number of nitrogens with zero attached hydrogens (tertiary/aromatic N) is 4. The van der Waals surface area contributed by atoms with E-state index in [1.807, 2.05) is 0 Å². The molecule has 0 aliphatic heterocycles. The van der Waals surface area contributed by atoms with Crippen molar-refractivity contribution in [1.82, 2.24) is 20.0 Å². The number of aromatic nitrogens is 4.